The van der Waals surface area contributed by atoms with E-state index in [1.807, 2.05) is 0 Å². The molecular formula is C29H26F7N3O3. The Bertz CT molecular complexity index is 1520. The Morgan fingerprint density at radius 3 is 2.19 bits per heavy atom. The number of H-pyrrole nitrogens is 1. The number of amides is 2. The molecular weight excluding hydrogens is 571 g/mol. The number of hydrogen-bond acceptors (Lipinski definition) is 3. The molecule has 1 fully saturated rings. The minimum Gasteiger partial charge on any atom is -0.341 e. The van der Waals surface area contributed by atoms with Crippen LogP contribution >= 0.6 is 0 Å². The van der Waals surface area contributed by atoms with Gasteiger partial charge in [-0.15, -0.1) is 0 Å². The maximum absolute atomic E-state index is 13.9. The van der Waals surface area contributed by atoms with E-state index < -0.39 is 65.1 Å². The summed E-state index contributed by atoms with van der Waals surface area (Å²) in [4.78, 5) is 43.5. The molecule has 3 aromatic rings. The van der Waals surface area contributed by atoms with Gasteiger partial charge in [-0.05, 0) is 66.4 Å². The number of alkyl halides is 6. The summed E-state index contributed by atoms with van der Waals surface area (Å²) in [5.41, 5.74) is -2.73. The highest BCUT2D eigenvalue weighted by molar-refractivity contribution is 5.92. The number of nitrogens with zero attached hydrogens (tertiary/aromatic N) is 2. The van der Waals surface area contributed by atoms with Crippen LogP contribution in [0.25, 0.3) is 0 Å². The fourth-order valence-electron chi connectivity index (χ4n) is 5.29. The standard InChI is InChI=1S/C29H26F7N3O3/c1-16-10-20(30)6-7-21(16)23-15-39(27(42)24-4-3-5-25(40)37-24)9-8-22(23)26(41)38(2)14-17-11-18(28(31,32)33)13-19(12-17)29(34,35)36/h3-7,10-13,22-23H,8-9,14-15H2,1-2H3,(H,37,40). The van der Waals surface area contributed by atoms with Crippen molar-refractivity contribution < 1.29 is 40.3 Å². The van der Waals surface area contributed by atoms with Gasteiger partial charge in [0, 0.05) is 44.6 Å². The van der Waals surface area contributed by atoms with Crippen molar-refractivity contribution in [2.45, 2.75) is 38.2 Å². The van der Waals surface area contributed by atoms with Crippen LogP contribution in [0.5, 0.6) is 0 Å². The third kappa shape index (κ3) is 6.82. The molecule has 13 heteroatoms. The van der Waals surface area contributed by atoms with Gasteiger partial charge in [0.15, 0.2) is 0 Å². The van der Waals surface area contributed by atoms with Gasteiger partial charge >= 0.3 is 12.4 Å². The predicted octanol–water partition coefficient (Wildman–Crippen LogP) is 5.76. The van der Waals surface area contributed by atoms with Gasteiger partial charge in [0.05, 0.1) is 11.1 Å². The minimum absolute atomic E-state index is 0.00570. The highest BCUT2D eigenvalue weighted by Gasteiger charge is 2.40. The maximum atomic E-state index is 13.9. The average molecular weight is 598 g/mol. The Labute approximate surface area is 235 Å². The lowest BCUT2D eigenvalue weighted by molar-refractivity contribution is -0.143. The second-order valence-electron chi connectivity index (χ2n) is 10.3. The minimum atomic E-state index is -5.04. The van der Waals surface area contributed by atoms with Gasteiger partial charge in [0.2, 0.25) is 11.5 Å². The van der Waals surface area contributed by atoms with Crippen LogP contribution < -0.4 is 5.56 Å². The van der Waals surface area contributed by atoms with Crippen molar-refractivity contribution in [3.05, 3.63) is 104 Å². The monoisotopic (exact) mass is 597 g/mol. The van der Waals surface area contributed by atoms with E-state index in [1.54, 1.807) is 6.92 Å². The number of aryl methyl sites for hydroxylation is 1. The Morgan fingerprint density at radius 2 is 1.62 bits per heavy atom. The molecule has 1 aromatic heterocycles. The van der Waals surface area contributed by atoms with Gasteiger partial charge in [0.1, 0.15) is 11.5 Å². The van der Waals surface area contributed by atoms with Gasteiger partial charge in [-0.2, -0.15) is 26.3 Å². The Morgan fingerprint density at radius 1 is 0.976 bits per heavy atom. The average Bonchev–Trinajstić information content (AvgIpc) is 2.91. The summed E-state index contributed by atoms with van der Waals surface area (Å²) in [5, 5.41) is 0. The number of rotatable bonds is 5. The molecule has 1 saturated heterocycles. The lowest BCUT2D eigenvalue weighted by Gasteiger charge is -2.40. The molecule has 224 valence electrons. The van der Waals surface area contributed by atoms with Crippen molar-refractivity contribution in [1.29, 1.82) is 0 Å². The van der Waals surface area contributed by atoms with Crippen LogP contribution in [0, 0.1) is 18.7 Å². The first-order chi connectivity index (χ1) is 19.5. The number of pyridine rings is 1. The molecule has 6 nitrogen and oxygen atoms in total. The topological polar surface area (TPSA) is 73.5 Å². The quantitative estimate of drug-likeness (QED) is 0.380. The number of piperidine rings is 1. The number of benzene rings is 2. The molecule has 4 rings (SSSR count). The summed E-state index contributed by atoms with van der Waals surface area (Å²) in [6.07, 6.45) is -9.97. The van der Waals surface area contributed by atoms with Crippen LogP contribution in [-0.2, 0) is 23.7 Å². The van der Waals surface area contributed by atoms with Crippen LogP contribution in [0.15, 0.2) is 59.4 Å². The number of aromatic amines is 1. The van der Waals surface area contributed by atoms with E-state index in [1.165, 1.54) is 48.3 Å². The zero-order valence-electron chi connectivity index (χ0n) is 22.4. The van der Waals surface area contributed by atoms with E-state index in [-0.39, 0.29) is 36.8 Å². The molecule has 0 bridgehead atoms. The van der Waals surface area contributed by atoms with Crippen molar-refractivity contribution in [2.75, 3.05) is 20.1 Å². The second kappa shape index (κ2) is 11.6. The Kier molecular flexibility index (Phi) is 8.51. The molecule has 2 atom stereocenters. The van der Waals surface area contributed by atoms with Crippen molar-refractivity contribution in [2.24, 2.45) is 5.92 Å². The summed E-state index contributed by atoms with van der Waals surface area (Å²) in [5.74, 6) is -3.09. The number of carbonyl (C=O) groups is 2. The van der Waals surface area contributed by atoms with E-state index in [0.717, 1.165) is 4.90 Å². The normalized spacial score (nSPS) is 17.7. The van der Waals surface area contributed by atoms with E-state index in [9.17, 15) is 45.1 Å². The number of halogens is 7. The molecule has 2 amide bonds. The molecule has 2 aromatic carbocycles. The van der Waals surface area contributed by atoms with Gasteiger partial charge in [-0.3, -0.25) is 14.4 Å². The molecule has 2 unspecified atom stereocenters. The van der Waals surface area contributed by atoms with E-state index in [2.05, 4.69) is 4.98 Å². The molecule has 0 radical (unpaired) electrons. The molecule has 1 aliphatic rings. The number of nitrogens with one attached hydrogen (secondary N) is 1. The number of likely N-dealkylation sites (tertiary alicyclic amines) is 1. The first kappa shape index (κ1) is 30.8. The summed E-state index contributed by atoms with van der Waals surface area (Å²) in [7, 11) is 1.27. The maximum Gasteiger partial charge on any atom is 0.416 e. The van der Waals surface area contributed by atoms with Crippen LogP contribution in [0.2, 0.25) is 0 Å². The molecule has 1 aliphatic heterocycles. The van der Waals surface area contributed by atoms with E-state index in [4.69, 9.17) is 0 Å². The summed E-state index contributed by atoms with van der Waals surface area (Å²) < 4.78 is 94.0. The van der Waals surface area contributed by atoms with Crippen molar-refractivity contribution in [3.63, 3.8) is 0 Å². The zero-order chi connectivity index (χ0) is 31.0. The lowest BCUT2D eigenvalue weighted by atomic mass is 9.78. The molecule has 2 heterocycles. The van der Waals surface area contributed by atoms with Crippen LogP contribution in [0.1, 0.15) is 50.6 Å². The first-order valence-corrected chi connectivity index (χ1v) is 12.8. The molecule has 0 spiro atoms. The number of hydrogen-bond donors (Lipinski definition) is 1. The van der Waals surface area contributed by atoms with E-state index in [0.29, 0.717) is 23.3 Å². The second-order valence-corrected chi connectivity index (χ2v) is 10.3. The molecule has 42 heavy (non-hydrogen) atoms. The summed E-state index contributed by atoms with van der Waals surface area (Å²) in [6, 6.07) is 9.19. The van der Waals surface area contributed by atoms with Gasteiger partial charge in [-0.1, -0.05) is 12.1 Å². The lowest BCUT2D eigenvalue weighted by Crippen LogP contribution is -2.48. The fraction of sp³-hybridized carbons (Fsp3) is 0.345. The van der Waals surface area contributed by atoms with Crippen molar-refractivity contribution in [1.82, 2.24) is 14.8 Å². The van der Waals surface area contributed by atoms with Crippen molar-refractivity contribution >= 4 is 11.8 Å². The number of carbonyl (C=O) groups excluding carboxylic acids is 2. The summed E-state index contributed by atoms with van der Waals surface area (Å²) >= 11 is 0. The smallest absolute Gasteiger partial charge is 0.341 e. The fourth-order valence-corrected chi connectivity index (χ4v) is 5.29. The molecule has 1 N–H and O–H groups in total. The largest absolute Gasteiger partial charge is 0.416 e. The third-order valence-electron chi connectivity index (χ3n) is 7.29. The van der Waals surface area contributed by atoms with E-state index >= 15 is 0 Å². The van der Waals surface area contributed by atoms with Gasteiger partial charge in [0.25, 0.3) is 5.91 Å². The van der Waals surface area contributed by atoms with Crippen molar-refractivity contribution in [3.8, 4) is 0 Å². The molecule has 0 saturated carbocycles. The van der Waals surface area contributed by atoms with Crippen LogP contribution in [-0.4, -0.2) is 46.7 Å². The SMILES string of the molecule is Cc1cc(F)ccc1C1CN(C(=O)c2cccc(=O)[nH]2)CCC1C(=O)N(C)Cc1cc(C(F)(F)F)cc(C(F)(F)F)c1. The van der Waals surface area contributed by atoms with Gasteiger partial charge < -0.3 is 14.8 Å². The molecule has 0 aliphatic carbocycles. The highest BCUT2D eigenvalue weighted by atomic mass is 19.4. The highest BCUT2D eigenvalue weighted by Crippen LogP contribution is 2.38. The third-order valence-corrected chi connectivity index (χ3v) is 7.29. The predicted molar refractivity (Wildman–Crippen MR) is 138 cm³/mol. The Hall–Kier alpha value is -4.16. The summed E-state index contributed by atoms with van der Waals surface area (Å²) in [6.45, 7) is 1.17. The first-order valence-electron chi connectivity index (χ1n) is 12.8. The van der Waals surface area contributed by atoms with Crippen LogP contribution in [0.4, 0.5) is 30.7 Å². The Balaban J connectivity index is 1.64. The number of aromatic nitrogens is 1. The van der Waals surface area contributed by atoms with Crippen LogP contribution in [0.3, 0.4) is 0 Å². The zero-order valence-corrected chi connectivity index (χ0v) is 22.4. The van der Waals surface area contributed by atoms with Gasteiger partial charge in [-0.25, -0.2) is 4.39 Å².